The van der Waals surface area contributed by atoms with Crippen molar-refractivity contribution in [2.24, 2.45) is 0 Å². The Morgan fingerprint density at radius 2 is 0.944 bits per heavy atom. The number of benzene rings is 2. The Morgan fingerprint density at radius 3 is 1.28 bits per heavy atom. The smallest absolute Gasteiger partial charge is 0.166 e. The van der Waals surface area contributed by atoms with Gasteiger partial charge < -0.3 is 0 Å². The molecule has 0 aromatic heterocycles. The van der Waals surface area contributed by atoms with Gasteiger partial charge in [-0.3, -0.25) is 0 Å². The van der Waals surface area contributed by atoms with E-state index in [0.29, 0.717) is 17.5 Å². The van der Waals surface area contributed by atoms with Gasteiger partial charge in [0, 0.05) is 0 Å². The van der Waals surface area contributed by atoms with Crippen LogP contribution in [0.25, 0.3) is 10.8 Å². The van der Waals surface area contributed by atoms with Crippen LogP contribution >= 0.6 is 0 Å². The summed E-state index contributed by atoms with van der Waals surface area (Å²) in [5.74, 6) is 0. The molecule has 0 radical (unpaired) electrons. The number of fused-ring (bicyclic) bond motifs is 1. The number of hydrogen-bond acceptors (Lipinski definition) is 0. The highest BCUT2D eigenvalue weighted by molar-refractivity contribution is 5.84. The molecule has 0 unspecified atom stereocenters. The highest BCUT2D eigenvalue weighted by Gasteiger charge is 2.32. The molecule has 0 saturated heterocycles. The zero-order chi connectivity index (χ0) is 13.6. The van der Waals surface area contributed by atoms with Crippen LogP contribution < -0.4 is 0 Å². The minimum atomic E-state index is -4.57. The molecule has 2 aromatic carbocycles. The molecule has 0 nitrogen and oxygen atoms in total. The van der Waals surface area contributed by atoms with Gasteiger partial charge in [-0.25, -0.2) is 0 Å². The van der Waals surface area contributed by atoms with E-state index in [1.807, 2.05) is 0 Å². The standard InChI is InChI=1S/C12H6F6/c13-11(14,15)9-3-1-7-2-4-10(12(16,17)18)6-8(7)5-9/h1-6H. The van der Waals surface area contributed by atoms with Crippen molar-refractivity contribution >= 4 is 10.8 Å². The van der Waals surface area contributed by atoms with Crippen LogP contribution in [0.2, 0.25) is 0 Å². The zero-order valence-electron chi connectivity index (χ0n) is 8.73. The second kappa shape index (κ2) is 3.90. The number of hydrogen-bond donors (Lipinski definition) is 0. The van der Waals surface area contributed by atoms with E-state index in [1.165, 1.54) is 0 Å². The van der Waals surface area contributed by atoms with Gasteiger partial charge in [0.15, 0.2) is 0 Å². The van der Waals surface area contributed by atoms with Gasteiger partial charge in [0.05, 0.1) is 11.1 Å². The predicted octanol–water partition coefficient (Wildman–Crippen LogP) is 4.88. The molecule has 0 aliphatic heterocycles. The van der Waals surface area contributed by atoms with E-state index in [9.17, 15) is 26.3 Å². The third-order valence-electron chi connectivity index (χ3n) is 2.49. The van der Waals surface area contributed by atoms with E-state index in [0.717, 1.165) is 24.3 Å². The van der Waals surface area contributed by atoms with Crippen LogP contribution in [0.4, 0.5) is 26.3 Å². The van der Waals surface area contributed by atoms with E-state index < -0.39 is 23.5 Å². The fourth-order valence-electron chi connectivity index (χ4n) is 1.60. The molecule has 0 fully saturated rings. The topological polar surface area (TPSA) is 0 Å². The van der Waals surface area contributed by atoms with Gasteiger partial charge in [-0.15, -0.1) is 0 Å². The molecule has 0 bridgehead atoms. The summed E-state index contributed by atoms with van der Waals surface area (Å²) in [6.45, 7) is 0. The van der Waals surface area contributed by atoms with E-state index in [4.69, 9.17) is 0 Å². The molecule has 0 saturated carbocycles. The van der Waals surface area contributed by atoms with E-state index in [2.05, 4.69) is 0 Å². The first-order valence-corrected chi connectivity index (χ1v) is 4.86. The number of alkyl halides is 6. The molecule has 2 rings (SSSR count). The van der Waals surface area contributed by atoms with Crippen LogP contribution in [0.3, 0.4) is 0 Å². The zero-order valence-corrected chi connectivity index (χ0v) is 8.73. The van der Waals surface area contributed by atoms with Crippen molar-refractivity contribution < 1.29 is 26.3 Å². The molecule has 0 amide bonds. The van der Waals surface area contributed by atoms with Crippen molar-refractivity contribution in [1.29, 1.82) is 0 Å². The molecule has 0 spiro atoms. The van der Waals surface area contributed by atoms with Gasteiger partial charge in [0.2, 0.25) is 0 Å². The van der Waals surface area contributed by atoms with Crippen molar-refractivity contribution in [2.75, 3.05) is 0 Å². The average Bonchev–Trinajstić information content (AvgIpc) is 2.25. The highest BCUT2D eigenvalue weighted by atomic mass is 19.4. The van der Waals surface area contributed by atoms with Crippen molar-refractivity contribution in [3.05, 3.63) is 47.5 Å². The maximum atomic E-state index is 12.4. The normalized spacial score (nSPS) is 13.0. The number of rotatable bonds is 0. The lowest BCUT2D eigenvalue weighted by Crippen LogP contribution is -2.06. The quantitative estimate of drug-likeness (QED) is 0.595. The molecule has 0 atom stereocenters. The first kappa shape index (κ1) is 12.7. The molecular formula is C12H6F6. The minimum absolute atomic E-state index is 0.0837. The van der Waals surface area contributed by atoms with Gasteiger partial charge in [0.25, 0.3) is 0 Å². The Kier molecular flexibility index (Phi) is 2.76. The van der Waals surface area contributed by atoms with Gasteiger partial charge >= 0.3 is 12.4 Å². The lowest BCUT2D eigenvalue weighted by molar-refractivity contribution is -0.138. The Morgan fingerprint density at radius 1 is 0.556 bits per heavy atom. The SMILES string of the molecule is FC(F)(F)c1ccc2ccc(C(F)(F)F)cc2c1. The van der Waals surface area contributed by atoms with E-state index >= 15 is 0 Å². The Bertz CT molecular complexity index is 530. The van der Waals surface area contributed by atoms with Gasteiger partial charge in [-0.2, -0.15) is 26.3 Å². The third kappa shape index (κ3) is 2.42. The Labute approximate surface area is 97.8 Å². The summed E-state index contributed by atoms with van der Waals surface area (Å²) < 4.78 is 74.6. The summed E-state index contributed by atoms with van der Waals surface area (Å²) in [5.41, 5.74) is -1.93. The van der Waals surface area contributed by atoms with Crippen LogP contribution in [0.5, 0.6) is 0 Å². The predicted molar refractivity (Wildman–Crippen MR) is 54.0 cm³/mol. The van der Waals surface area contributed by atoms with Gasteiger partial charge in [-0.1, -0.05) is 12.1 Å². The monoisotopic (exact) mass is 264 g/mol. The summed E-state index contributed by atoms with van der Waals surface area (Å²) >= 11 is 0. The van der Waals surface area contributed by atoms with Crippen LogP contribution in [0.15, 0.2) is 36.4 Å². The first-order chi connectivity index (χ1) is 8.18. The summed E-state index contributed by atoms with van der Waals surface area (Å²) in [6, 6.07) is 5.41. The second-order valence-electron chi connectivity index (χ2n) is 3.77. The van der Waals surface area contributed by atoms with Crippen LogP contribution in [0.1, 0.15) is 11.1 Å². The molecule has 0 heterocycles. The maximum Gasteiger partial charge on any atom is 0.416 e. The van der Waals surface area contributed by atoms with Crippen LogP contribution in [0, 0.1) is 0 Å². The van der Waals surface area contributed by atoms with Crippen molar-refractivity contribution in [3.63, 3.8) is 0 Å². The van der Waals surface area contributed by atoms with Gasteiger partial charge in [0.1, 0.15) is 0 Å². The summed E-state index contributed by atoms with van der Waals surface area (Å²) in [5, 5.41) is 0.246. The van der Waals surface area contributed by atoms with Crippen molar-refractivity contribution in [3.8, 4) is 0 Å². The number of halogens is 6. The lowest BCUT2D eigenvalue weighted by atomic mass is 10.0. The molecule has 2 aromatic rings. The molecule has 0 N–H and O–H groups in total. The molecule has 0 aliphatic carbocycles. The average molecular weight is 264 g/mol. The van der Waals surface area contributed by atoms with Crippen LogP contribution in [-0.4, -0.2) is 0 Å². The fraction of sp³-hybridized carbons (Fsp3) is 0.167. The molecule has 0 aliphatic rings. The summed E-state index contributed by atoms with van der Waals surface area (Å²) in [6.07, 6.45) is -9.13. The summed E-state index contributed by atoms with van der Waals surface area (Å²) in [7, 11) is 0. The van der Waals surface area contributed by atoms with E-state index in [-0.39, 0.29) is 5.39 Å². The molecule has 96 valence electrons. The van der Waals surface area contributed by atoms with Crippen molar-refractivity contribution in [2.45, 2.75) is 12.4 Å². The lowest BCUT2D eigenvalue weighted by Gasteiger charge is -2.10. The Hall–Kier alpha value is -1.72. The second-order valence-corrected chi connectivity index (χ2v) is 3.77. The molecule has 18 heavy (non-hydrogen) atoms. The summed E-state index contributed by atoms with van der Waals surface area (Å²) in [4.78, 5) is 0. The highest BCUT2D eigenvalue weighted by Crippen LogP contribution is 2.34. The van der Waals surface area contributed by atoms with E-state index in [1.54, 1.807) is 0 Å². The Balaban J connectivity index is 2.61. The first-order valence-electron chi connectivity index (χ1n) is 4.86. The fourth-order valence-corrected chi connectivity index (χ4v) is 1.60. The molecule has 6 heteroatoms. The largest absolute Gasteiger partial charge is 0.416 e. The minimum Gasteiger partial charge on any atom is -0.166 e. The molecular weight excluding hydrogens is 258 g/mol. The van der Waals surface area contributed by atoms with Gasteiger partial charge in [-0.05, 0) is 35.0 Å². The van der Waals surface area contributed by atoms with Crippen molar-refractivity contribution in [1.82, 2.24) is 0 Å². The maximum absolute atomic E-state index is 12.4. The van der Waals surface area contributed by atoms with Crippen LogP contribution in [-0.2, 0) is 12.4 Å². The third-order valence-corrected chi connectivity index (χ3v) is 2.49.